The van der Waals surface area contributed by atoms with Gasteiger partial charge in [-0.15, -0.1) is 0 Å². The molecule has 0 aromatic carbocycles. The molecular weight excluding hydrogens is 216 g/mol. The summed E-state index contributed by atoms with van der Waals surface area (Å²) < 4.78 is 5.20. The number of methoxy groups -OCH3 is 1. The second-order valence-electron chi connectivity index (χ2n) is 5.55. The van der Waals surface area contributed by atoms with Crippen molar-refractivity contribution >= 4 is 0 Å². The number of hydrogen-bond donors (Lipinski definition) is 2. The van der Waals surface area contributed by atoms with Crippen molar-refractivity contribution in [2.75, 3.05) is 27.4 Å². The Bertz CT molecular complexity index is 217. The van der Waals surface area contributed by atoms with Gasteiger partial charge in [0.2, 0.25) is 0 Å². The Labute approximate surface area is 104 Å². The van der Waals surface area contributed by atoms with E-state index in [0.29, 0.717) is 18.7 Å². The number of hydrogen-bond acceptors (Lipinski definition) is 4. The number of fused-ring (bicyclic) bond motifs is 2. The molecule has 3 atom stereocenters. The summed E-state index contributed by atoms with van der Waals surface area (Å²) in [7, 11) is 3.99. The molecular formula is C13H26N2O2. The van der Waals surface area contributed by atoms with Crippen LogP contribution in [-0.2, 0) is 4.74 Å². The summed E-state index contributed by atoms with van der Waals surface area (Å²) in [6.07, 6.45) is 6.00. The van der Waals surface area contributed by atoms with E-state index in [-0.39, 0.29) is 6.61 Å². The maximum absolute atomic E-state index is 9.05. The van der Waals surface area contributed by atoms with Gasteiger partial charge in [0, 0.05) is 37.9 Å². The van der Waals surface area contributed by atoms with Crippen LogP contribution in [0.5, 0.6) is 0 Å². The summed E-state index contributed by atoms with van der Waals surface area (Å²) in [4.78, 5) is 2.55. The van der Waals surface area contributed by atoms with Gasteiger partial charge in [-0.1, -0.05) is 0 Å². The smallest absolute Gasteiger partial charge is 0.0616 e. The minimum Gasteiger partial charge on any atom is -0.396 e. The highest BCUT2D eigenvalue weighted by Crippen LogP contribution is 2.34. The molecule has 0 spiro atoms. The fraction of sp³-hybridized carbons (Fsp3) is 1.00. The molecule has 4 heteroatoms. The molecule has 2 rings (SSSR count). The van der Waals surface area contributed by atoms with Crippen LogP contribution in [0.25, 0.3) is 0 Å². The van der Waals surface area contributed by atoms with E-state index in [2.05, 4.69) is 17.3 Å². The lowest BCUT2D eigenvalue weighted by Crippen LogP contribution is -2.51. The lowest BCUT2D eigenvalue weighted by atomic mass is 9.97. The molecule has 0 aromatic heterocycles. The van der Waals surface area contributed by atoms with E-state index >= 15 is 0 Å². The first-order chi connectivity index (χ1) is 8.24. The van der Waals surface area contributed by atoms with E-state index in [1.165, 1.54) is 25.7 Å². The Hall–Kier alpha value is -0.160. The van der Waals surface area contributed by atoms with Crippen LogP contribution in [0.2, 0.25) is 0 Å². The molecule has 2 aliphatic heterocycles. The Balaban J connectivity index is 1.82. The van der Waals surface area contributed by atoms with E-state index in [1.807, 2.05) is 0 Å². The number of rotatable bonds is 6. The minimum atomic E-state index is 0.237. The first-order valence-electron chi connectivity index (χ1n) is 6.82. The molecule has 0 saturated carbocycles. The van der Waals surface area contributed by atoms with Gasteiger partial charge < -0.3 is 20.1 Å². The molecule has 4 nitrogen and oxygen atoms in total. The highest BCUT2D eigenvalue weighted by molar-refractivity contribution is 4.96. The van der Waals surface area contributed by atoms with Crippen LogP contribution in [0.3, 0.4) is 0 Å². The predicted octanol–water partition coefficient (Wildman–Crippen LogP) is 0.599. The molecule has 2 heterocycles. The largest absolute Gasteiger partial charge is 0.396 e. The summed E-state index contributed by atoms with van der Waals surface area (Å²) in [5.41, 5.74) is 0. The number of ether oxygens (including phenoxy) is 1. The number of aliphatic hydroxyl groups is 1. The SMILES string of the molecule is COCC(CCO)NC1CC2CCC(C1)N2C. The fourth-order valence-electron chi connectivity index (χ4n) is 3.45. The van der Waals surface area contributed by atoms with Gasteiger partial charge in [0.25, 0.3) is 0 Å². The molecule has 0 radical (unpaired) electrons. The topological polar surface area (TPSA) is 44.7 Å². The van der Waals surface area contributed by atoms with Gasteiger partial charge in [0.05, 0.1) is 6.61 Å². The van der Waals surface area contributed by atoms with Gasteiger partial charge in [0.1, 0.15) is 0 Å². The Morgan fingerprint density at radius 2 is 2.00 bits per heavy atom. The van der Waals surface area contributed by atoms with E-state index in [0.717, 1.165) is 18.5 Å². The van der Waals surface area contributed by atoms with Gasteiger partial charge in [-0.3, -0.25) is 0 Å². The molecule has 3 unspecified atom stereocenters. The van der Waals surface area contributed by atoms with Crippen LogP contribution in [-0.4, -0.2) is 61.5 Å². The van der Waals surface area contributed by atoms with Crippen molar-refractivity contribution in [1.82, 2.24) is 10.2 Å². The van der Waals surface area contributed by atoms with Gasteiger partial charge >= 0.3 is 0 Å². The monoisotopic (exact) mass is 242 g/mol. The highest BCUT2D eigenvalue weighted by Gasteiger charge is 2.38. The summed E-state index contributed by atoms with van der Waals surface area (Å²) in [5.74, 6) is 0. The normalized spacial score (nSPS) is 35.1. The third-order valence-electron chi connectivity index (χ3n) is 4.42. The zero-order chi connectivity index (χ0) is 12.3. The third-order valence-corrected chi connectivity index (χ3v) is 4.42. The highest BCUT2D eigenvalue weighted by atomic mass is 16.5. The second-order valence-corrected chi connectivity index (χ2v) is 5.55. The number of nitrogens with one attached hydrogen (secondary N) is 1. The molecule has 2 aliphatic rings. The lowest BCUT2D eigenvalue weighted by molar-refractivity contribution is 0.110. The summed E-state index contributed by atoms with van der Waals surface area (Å²) in [6.45, 7) is 0.933. The van der Waals surface area contributed by atoms with Gasteiger partial charge in [-0.25, -0.2) is 0 Å². The molecule has 2 fully saturated rings. The Kier molecular flexibility index (Phi) is 4.79. The molecule has 0 amide bonds. The van der Waals surface area contributed by atoms with E-state index < -0.39 is 0 Å². The maximum Gasteiger partial charge on any atom is 0.0616 e. The second kappa shape index (κ2) is 6.14. The third kappa shape index (κ3) is 3.19. The van der Waals surface area contributed by atoms with Crippen molar-refractivity contribution < 1.29 is 9.84 Å². The van der Waals surface area contributed by atoms with E-state index in [9.17, 15) is 0 Å². The van der Waals surface area contributed by atoms with Crippen LogP contribution in [0.15, 0.2) is 0 Å². The molecule has 100 valence electrons. The molecule has 0 aliphatic carbocycles. The maximum atomic E-state index is 9.05. The minimum absolute atomic E-state index is 0.237. The van der Waals surface area contributed by atoms with Crippen LogP contribution >= 0.6 is 0 Å². The zero-order valence-corrected chi connectivity index (χ0v) is 11.1. The molecule has 2 N–H and O–H groups in total. The first-order valence-corrected chi connectivity index (χ1v) is 6.82. The molecule has 0 aromatic rings. The van der Waals surface area contributed by atoms with E-state index in [1.54, 1.807) is 7.11 Å². The van der Waals surface area contributed by atoms with E-state index in [4.69, 9.17) is 9.84 Å². The van der Waals surface area contributed by atoms with Crippen molar-refractivity contribution in [3.63, 3.8) is 0 Å². The molecule has 2 saturated heterocycles. The van der Waals surface area contributed by atoms with Crippen molar-refractivity contribution in [3.8, 4) is 0 Å². The number of aliphatic hydroxyl groups excluding tert-OH is 1. The number of nitrogens with zero attached hydrogens (tertiary/aromatic N) is 1. The standard InChI is InChI=1S/C13H26N2O2/c1-15-12-3-4-13(15)8-11(7-12)14-10(5-6-16)9-17-2/h10-14,16H,3-9H2,1-2H3. The van der Waals surface area contributed by atoms with Gasteiger partial charge in [-0.05, 0) is 39.2 Å². The summed E-state index contributed by atoms with van der Waals surface area (Å²) >= 11 is 0. The number of piperidine rings is 1. The zero-order valence-electron chi connectivity index (χ0n) is 11.1. The average molecular weight is 242 g/mol. The van der Waals surface area contributed by atoms with Crippen LogP contribution in [0.1, 0.15) is 32.1 Å². The Morgan fingerprint density at radius 1 is 1.35 bits per heavy atom. The average Bonchev–Trinajstić information content (AvgIpc) is 2.53. The fourth-order valence-corrected chi connectivity index (χ4v) is 3.45. The van der Waals surface area contributed by atoms with Crippen molar-refractivity contribution in [2.45, 2.75) is 56.3 Å². The predicted molar refractivity (Wildman–Crippen MR) is 68.1 cm³/mol. The first kappa shape index (κ1) is 13.3. The van der Waals surface area contributed by atoms with Crippen LogP contribution in [0.4, 0.5) is 0 Å². The van der Waals surface area contributed by atoms with Crippen molar-refractivity contribution in [1.29, 1.82) is 0 Å². The van der Waals surface area contributed by atoms with Gasteiger partial charge in [0.15, 0.2) is 0 Å². The van der Waals surface area contributed by atoms with Crippen molar-refractivity contribution in [3.05, 3.63) is 0 Å². The summed E-state index contributed by atoms with van der Waals surface area (Å²) in [6, 6.07) is 2.44. The van der Waals surface area contributed by atoms with Gasteiger partial charge in [-0.2, -0.15) is 0 Å². The van der Waals surface area contributed by atoms with Crippen molar-refractivity contribution in [2.24, 2.45) is 0 Å². The summed E-state index contributed by atoms with van der Waals surface area (Å²) in [5, 5.41) is 12.7. The Morgan fingerprint density at radius 3 is 2.53 bits per heavy atom. The molecule has 2 bridgehead atoms. The lowest BCUT2D eigenvalue weighted by Gasteiger charge is -2.38. The van der Waals surface area contributed by atoms with Crippen LogP contribution in [0, 0.1) is 0 Å². The van der Waals surface area contributed by atoms with Crippen LogP contribution < -0.4 is 5.32 Å². The molecule has 17 heavy (non-hydrogen) atoms. The quantitative estimate of drug-likeness (QED) is 0.716.